The van der Waals surface area contributed by atoms with Gasteiger partial charge in [0, 0.05) is 31.5 Å². The number of fused-ring (bicyclic) bond motifs is 1. The summed E-state index contributed by atoms with van der Waals surface area (Å²) in [6.07, 6.45) is 2.17. The summed E-state index contributed by atoms with van der Waals surface area (Å²) in [7, 11) is 0. The highest BCUT2D eigenvalue weighted by Crippen LogP contribution is 2.29. The van der Waals surface area contributed by atoms with Gasteiger partial charge in [-0.2, -0.15) is 0 Å². The van der Waals surface area contributed by atoms with Gasteiger partial charge in [-0.1, -0.05) is 72.8 Å². The van der Waals surface area contributed by atoms with Gasteiger partial charge in [-0.3, -0.25) is 9.20 Å². The van der Waals surface area contributed by atoms with Crippen molar-refractivity contribution >= 4 is 11.6 Å². The lowest BCUT2D eigenvalue weighted by Gasteiger charge is -2.10. The van der Waals surface area contributed by atoms with Crippen LogP contribution in [-0.4, -0.2) is 20.3 Å². The van der Waals surface area contributed by atoms with Gasteiger partial charge in [0.2, 0.25) is 5.88 Å². The molecule has 7 heteroatoms. The molecule has 5 rings (SSSR count). The molecule has 174 valence electrons. The first-order valence-corrected chi connectivity index (χ1v) is 11.1. The van der Waals surface area contributed by atoms with Crippen molar-refractivity contribution in [2.24, 2.45) is 0 Å². The Hall–Kier alpha value is -4.39. The van der Waals surface area contributed by atoms with Crippen LogP contribution >= 0.6 is 0 Å². The van der Waals surface area contributed by atoms with E-state index in [0.29, 0.717) is 29.1 Å². The average Bonchev–Trinajstić information content (AvgIpc) is 3.19. The number of halogens is 2. The number of carbonyl (C=O) groups is 1. The zero-order valence-corrected chi connectivity index (χ0v) is 18.9. The summed E-state index contributed by atoms with van der Waals surface area (Å²) < 4.78 is 35.8. The smallest absolute Gasteiger partial charge is 0.309 e. The molecule has 0 aliphatic heterocycles. The minimum atomic E-state index is -0.925. The largest absolute Gasteiger partial charge is 0.407 e. The van der Waals surface area contributed by atoms with E-state index < -0.39 is 17.6 Å². The number of ether oxygens (including phenoxy) is 1. The maximum absolute atomic E-state index is 14.6. The van der Waals surface area contributed by atoms with Crippen LogP contribution in [-0.2, 0) is 17.6 Å². The van der Waals surface area contributed by atoms with Crippen LogP contribution in [0.15, 0.2) is 85.1 Å². The first-order valence-electron chi connectivity index (χ1n) is 11.1. The molecule has 2 aromatic heterocycles. The number of carbonyl (C=O) groups excluding carboxylic acids is 1. The SMILES string of the molecule is CC(=O)Oc1c(Cc2ccccc2)nc2c(Cc3cccc(F)c3F)nc(-c3ccccc3)cn12. The van der Waals surface area contributed by atoms with Crippen molar-refractivity contribution in [3.05, 3.63) is 119 Å². The van der Waals surface area contributed by atoms with Gasteiger partial charge in [0.05, 0.1) is 11.4 Å². The van der Waals surface area contributed by atoms with Crippen molar-refractivity contribution in [1.29, 1.82) is 0 Å². The zero-order valence-electron chi connectivity index (χ0n) is 18.9. The predicted octanol–water partition coefficient (Wildman–Crippen LogP) is 5.78. The van der Waals surface area contributed by atoms with E-state index >= 15 is 0 Å². The van der Waals surface area contributed by atoms with Crippen molar-refractivity contribution in [2.75, 3.05) is 0 Å². The molecule has 0 atom stereocenters. The van der Waals surface area contributed by atoms with E-state index in [-0.39, 0.29) is 17.9 Å². The Morgan fingerprint density at radius 1 is 0.857 bits per heavy atom. The van der Waals surface area contributed by atoms with E-state index in [2.05, 4.69) is 0 Å². The van der Waals surface area contributed by atoms with Gasteiger partial charge in [-0.15, -0.1) is 0 Å². The Balaban J connectivity index is 1.73. The minimum absolute atomic E-state index is 0.00900. The quantitative estimate of drug-likeness (QED) is 0.296. The predicted molar refractivity (Wildman–Crippen MR) is 128 cm³/mol. The highest BCUT2D eigenvalue weighted by Gasteiger charge is 2.22. The molecule has 0 fully saturated rings. The first-order chi connectivity index (χ1) is 17.0. The summed E-state index contributed by atoms with van der Waals surface area (Å²) in [5, 5.41) is 0. The maximum atomic E-state index is 14.6. The highest BCUT2D eigenvalue weighted by atomic mass is 19.2. The molecule has 2 heterocycles. The van der Waals surface area contributed by atoms with Crippen LogP contribution in [0.1, 0.15) is 29.4 Å². The molecule has 0 unspecified atom stereocenters. The summed E-state index contributed by atoms with van der Waals surface area (Å²) in [5.74, 6) is -2.06. The molecule has 3 aromatic carbocycles. The maximum Gasteiger partial charge on any atom is 0.309 e. The summed E-state index contributed by atoms with van der Waals surface area (Å²) in [6, 6.07) is 23.2. The zero-order chi connectivity index (χ0) is 24.4. The van der Waals surface area contributed by atoms with Gasteiger partial charge >= 0.3 is 5.97 Å². The number of benzene rings is 3. The van der Waals surface area contributed by atoms with E-state index in [1.165, 1.54) is 19.1 Å². The second-order valence-corrected chi connectivity index (χ2v) is 8.14. The third kappa shape index (κ3) is 4.66. The van der Waals surface area contributed by atoms with E-state index in [0.717, 1.165) is 17.2 Å². The third-order valence-electron chi connectivity index (χ3n) is 5.61. The summed E-state index contributed by atoms with van der Waals surface area (Å²) in [5.41, 5.74) is 3.94. The Morgan fingerprint density at radius 3 is 2.29 bits per heavy atom. The van der Waals surface area contributed by atoms with Gasteiger partial charge in [0.1, 0.15) is 5.69 Å². The molecule has 0 spiro atoms. The molecule has 5 aromatic rings. The molecule has 35 heavy (non-hydrogen) atoms. The normalized spacial score (nSPS) is 11.1. The van der Waals surface area contributed by atoms with Crippen molar-refractivity contribution in [3.63, 3.8) is 0 Å². The average molecular weight is 469 g/mol. The van der Waals surface area contributed by atoms with Crippen molar-refractivity contribution in [3.8, 4) is 17.1 Å². The Morgan fingerprint density at radius 2 is 1.57 bits per heavy atom. The summed E-state index contributed by atoms with van der Waals surface area (Å²) in [4.78, 5) is 21.5. The van der Waals surface area contributed by atoms with Crippen LogP contribution in [0.4, 0.5) is 8.78 Å². The molecule has 0 aliphatic carbocycles. The Labute approximate surface area is 200 Å². The van der Waals surface area contributed by atoms with Crippen LogP contribution in [0.3, 0.4) is 0 Å². The van der Waals surface area contributed by atoms with E-state index in [1.807, 2.05) is 60.7 Å². The second kappa shape index (κ2) is 9.46. The fraction of sp³-hybridized carbons (Fsp3) is 0.107. The number of aromatic nitrogens is 3. The number of imidazole rings is 1. The number of hydrogen-bond donors (Lipinski definition) is 0. The second-order valence-electron chi connectivity index (χ2n) is 8.14. The highest BCUT2D eigenvalue weighted by molar-refractivity contribution is 5.71. The molecule has 0 bridgehead atoms. The molecule has 0 radical (unpaired) electrons. The van der Waals surface area contributed by atoms with Crippen molar-refractivity contribution in [2.45, 2.75) is 19.8 Å². The molecule has 0 N–H and O–H groups in total. The molecule has 0 saturated carbocycles. The lowest BCUT2D eigenvalue weighted by atomic mass is 10.1. The van der Waals surface area contributed by atoms with Gasteiger partial charge in [-0.05, 0) is 17.2 Å². The van der Waals surface area contributed by atoms with E-state index in [4.69, 9.17) is 14.7 Å². The van der Waals surface area contributed by atoms with Gasteiger partial charge in [0.25, 0.3) is 0 Å². The molecule has 0 amide bonds. The Bertz CT molecular complexity index is 1520. The summed E-state index contributed by atoms with van der Waals surface area (Å²) in [6.45, 7) is 1.33. The van der Waals surface area contributed by atoms with Crippen LogP contribution in [0.25, 0.3) is 16.9 Å². The minimum Gasteiger partial charge on any atom is -0.407 e. The fourth-order valence-electron chi connectivity index (χ4n) is 4.02. The third-order valence-corrected chi connectivity index (χ3v) is 5.61. The van der Waals surface area contributed by atoms with E-state index in [9.17, 15) is 13.6 Å². The molecule has 5 nitrogen and oxygen atoms in total. The number of nitrogens with zero attached hydrogens (tertiary/aromatic N) is 3. The molecule has 0 saturated heterocycles. The van der Waals surface area contributed by atoms with Crippen LogP contribution in [0.5, 0.6) is 5.88 Å². The molecular weight excluding hydrogens is 448 g/mol. The lowest BCUT2D eigenvalue weighted by molar-refractivity contribution is -0.132. The van der Waals surface area contributed by atoms with Crippen molar-refractivity contribution in [1.82, 2.24) is 14.4 Å². The number of hydrogen-bond acceptors (Lipinski definition) is 4. The fourth-order valence-corrected chi connectivity index (χ4v) is 4.02. The van der Waals surface area contributed by atoms with Crippen LogP contribution in [0, 0.1) is 11.6 Å². The molecule has 0 aliphatic rings. The van der Waals surface area contributed by atoms with Gasteiger partial charge < -0.3 is 4.74 Å². The van der Waals surface area contributed by atoms with Crippen LogP contribution in [0.2, 0.25) is 0 Å². The lowest BCUT2D eigenvalue weighted by Crippen LogP contribution is -2.07. The van der Waals surface area contributed by atoms with Gasteiger partial charge in [0.15, 0.2) is 17.3 Å². The van der Waals surface area contributed by atoms with E-state index in [1.54, 1.807) is 10.6 Å². The number of rotatable bonds is 6. The standard InChI is InChI=1S/C28H21F2N3O2/c1-18(34)35-28-24(15-19-9-4-2-5-10-19)32-27-23(16-21-13-8-14-22(29)26(21)30)31-25(17-33(27)28)20-11-6-3-7-12-20/h2-14,17H,15-16H2,1H3. The van der Waals surface area contributed by atoms with Crippen molar-refractivity contribution < 1.29 is 18.3 Å². The number of esters is 1. The first kappa shape index (κ1) is 22.4. The molecular formula is C28H21F2N3O2. The topological polar surface area (TPSA) is 56.5 Å². The summed E-state index contributed by atoms with van der Waals surface area (Å²) >= 11 is 0. The monoisotopic (exact) mass is 469 g/mol. The van der Waals surface area contributed by atoms with Crippen LogP contribution < -0.4 is 4.74 Å². The Kier molecular flexibility index (Phi) is 6.06. The van der Waals surface area contributed by atoms with Gasteiger partial charge in [-0.25, -0.2) is 18.7 Å².